The summed E-state index contributed by atoms with van der Waals surface area (Å²) in [5.41, 5.74) is 1.96. The first-order valence-electron chi connectivity index (χ1n) is 9.22. The van der Waals surface area contributed by atoms with Crippen molar-refractivity contribution in [2.75, 3.05) is 11.9 Å². The van der Waals surface area contributed by atoms with Gasteiger partial charge >= 0.3 is 0 Å². The molecule has 0 bridgehead atoms. The lowest BCUT2D eigenvalue weighted by Crippen LogP contribution is -2.30. The van der Waals surface area contributed by atoms with Crippen LogP contribution in [-0.2, 0) is 11.3 Å². The van der Waals surface area contributed by atoms with Crippen LogP contribution < -0.4 is 10.6 Å². The molecule has 0 spiro atoms. The van der Waals surface area contributed by atoms with Crippen molar-refractivity contribution in [1.29, 1.82) is 0 Å². The lowest BCUT2D eigenvalue weighted by atomic mass is 10.1. The molecule has 1 amide bonds. The molecule has 2 N–H and O–H groups in total. The predicted octanol–water partition coefficient (Wildman–Crippen LogP) is 2.79. The molecule has 2 aromatic heterocycles. The number of carbonyl (C=O) groups is 1. The summed E-state index contributed by atoms with van der Waals surface area (Å²) in [6, 6.07) is 9.87. The summed E-state index contributed by atoms with van der Waals surface area (Å²) in [4.78, 5) is 25.6. The second-order valence-corrected chi connectivity index (χ2v) is 6.60. The number of hydrogen-bond donors (Lipinski definition) is 2. The number of carbonyl (C=O) groups excluding carboxylic acids is 1. The molecule has 7 heteroatoms. The van der Waals surface area contributed by atoms with E-state index < -0.39 is 0 Å². The van der Waals surface area contributed by atoms with Crippen molar-refractivity contribution in [2.45, 2.75) is 31.8 Å². The SMILES string of the molecule is O=C1NCCCCC1n1ccnc1-c1cnc(NCc2ccccc2)nc1. The zero-order valence-corrected chi connectivity index (χ0v) is 15.0. The fraction of sp³-hybridized carbons (Fsp3) is 0.300. The fourth-order valence-electron chi connectivity index (χ4n) is 3.29. The van der Waals surface area contributed by atoms with E-state index in [4.69, 9.17) is 0 Å². The molecule has 1 atom stereocenters. The van der Waals surface area contributed by atoms with Crippen LogP contribution in [0.15, 0.2) is 55.1 Å². The molecule has 4 rings (SSSR count). The number of imidazole rings is 1. The Kier molecular flexibility index (Phi) is 5.09. The first kappa shape index (κ1) is 17.2. The summed E-state index contributed by atoms with van der Waals surface area (Å²) in [6.07, 6.45) is 9.90. The van der Waals surface area contributed by atoms with E-state index >= 15 is 0 Å². The summed E-state index contributed by atoms with van der Waals surface area (Å²) in [5.74, 6) is 1.33. The monoisotopic (exact) mass is 362 g/mol. The summed E-state index contributed by atoms with van der Waals surface area (Å²) in [6.45, 7) is 1.40. The first-order valence-corrected chi connectivity index (χ1v) is 9.22. The van der Waals surface area contributed by atoms with Crippen LogP contribution in [-0.4, -0.2) is 32.0 Å². The largest absolute Gasteiger partial charge is 0.354 e. The molecule has 1 aromatic carbocycles. The second kappa shape index (κ2) is 7.99. The highest BCUT2D eigenvalue weighted by Crippen LogP contribution is 2.25. The van der Waals surface area contributed by atoms with Crippen molar-refractivity contribution in [3.05, 3.63) is 60.7 Å². The number of nitrogens with zero attached hydrogens (tertiary/aromatic N) is 4. The molecule has 3 heterocycles. The minimum Gasteiger partial charge on any atom is -0.354 e. The topological polar surface area (TPSA) is 84.7 Å². The van der Waals surface area contributed by atoms with Gasteiger partial charge in [-0.25, -0.2) is 15.0 Å². The van der Waals surface area contributed by atoms with E-state index in [0.717, 1.165) is 31.4 Å². The van der Waals surface area contributed by atoms with Gasteiger partial charge in [-0.2, -0.15) is 0 Å². The van der Waals surface area contributed by atoms with E-state index in [1.165, 1.54) is 5.56 Å². The Morgan fingerprint density at radius 2 is 1.93 bits per heavy atom. The van der Waals surface area contributed by atoms with Gasteiger partial charge in [-0.05, 0) is 24.8 Å². The van der Waals surface area contributed by atoms with Crippen molar-refractivity contribution >= 4 is 11.9 Å². The van der Waals surface area contributed by atoms with Crippen molar-refractivity contribution in [3.63, 3.8) is 0 Å². The maximum Gasteiger partial charge on any atom is 0.243 e. The van der Waals surface area contributed by atoms with Crippen LogP contribution in [0.5, 0.6) is 0 Å². The molecule has 3 aromatic rings. The van der Waals surface area contributed by atoms with Gasteiger partial charge in [-0.3, -0.25) is 4.79 Å². The average Bonchev–Trinajstić information content (AvgIpc) is 3.09. The van der Waals surface area contributed by atoms with Crippen molar-refractivity contribution in [3.8, 4) is 11.4 Å². The lowest BCUT2D eigenvalue weighted by molar-refractivity contribution is -0.124. The van der Waals surface area contributed by atoms with E-state index in [-0.39, 0.29) is 11.9 Å². The third-order valence-electron chi connectivity index (χ3n) is 4.71. The van der Waals surface area contributed by atoms with Gasteiger partial charge in [0.1, 0.15) is 11.9 Å². The van der Waals surface area contributed by atoms with Gasteiger partial charge in [0, 0.05) is 37.9 Å². The molecule has 1 saturated heterocycles. The van der Waals surface area contributed by atoms with Gasteiger partial charge in [-0.1, -0.05) is 30.3 Å². The highest BCUT2D eigenvalue weighted by atomic mass is 16.2. The molecule has 7 nitrogen and oxygen atoms in total. The van der Waals surface area contributed by atoms with E-state index in [1.54, 1.807) is 18.6 Å². The highest BCUT2D eigenvalue weighted by Gasteiger charge is 2.24. The fourth-order valence-corrected chi connectivity index (χ4v) is 3.29. The van der Waals surface area contributed by atoms with Crippen LogP contribution in [0, 0.1) is 0 Å². The molecule has 0 aliphatic carbocycles. The van der Waals surface area contributed by atoms with Gasteiger partial charge in [0.15, 0.2) is 0 Å². The van der Waals surface area contributed by atoms with Crippen LogP contribution in [0.2, 0.25) is 0 Å². The van der Waals surface area contributed by atoms with Gasteiger partial charge < -0.3 is 15.2 Å². The van der Waals surface area contributed by atoms with E-state index in [1.807, 2.05) is 29.0 Å². The number of aromatic nitrogens is 4. The number of rotatable bonds is 5. The standard InChI is InChI=1S/C20H22N6O/c27-19-17(8-4-5-9-22-19)26-11-10-21-18(26)16-13-24-20(25-14-16)23-12-15-6-2-1-3-7-15/h1-3,6-7,10-11,13-14,17H,4-5,8-9,12H2,(H,22,27)(H,23,24,25). The quantitative estimate of drug-likeness (QED) is 0.729. The Balaban J connectivity index is 1.49. The van der Waals surface area contributed by atoms with Crippen molar-refractivity contribution < 1.29 is 4.79 Å². The molecule has 1 unspecified atom stereocenters. The number of anilines is 1. The second-order valence-electron chi connectivity index (χ2n) is 6.60. The van der Waals surface area contributed by atoms with Crippen LogP contribution in [0.4, 0.5) is 5.95 Å². The Labute approximate surface area is 157 Å². The molecule has 1 aliphatic heterocycles. The maximum atomic E-state index is 12.4. The minimum absolute atomic E-state index is 0.0498. The van der Waals surface area contributed by atoms with E-state index in [2.05, 4.69) is 37.7 Å². The Morgan fingerprint density at radius 1 is 1.11 bits per heavy atom. The first-order chi connectivity index (χ1) is 13.3. The molecule has 0 saturated carbocycles. The molecule has 1 fully saturated rings. The highest BCUT2D eigenvalue weighted by molar-refractivity contribution is 5.81. The van der Waals surface area contributed by atoms with Crippen LogP contribution in [0.3, 0.4) is 0 Å². The summed E-state index contributed by atoms with van der Waals surface area (Å²) in [5, 5.41) is 6.19. The average molecular weight is 362 g/mol. The Bertz CT molecular complexity index is 890. The van der Waals surface area contributed by atoms with Gasteiger partial charge in [0.25, 0.3) is 0 Å². The third-order valence-corrected chi connectivity index (χ3v) is 4.71. The number of amides is 1. The van der Waals surface area contributed by atoms with Crippen molar-refractivity contribution in [2.24, 2.45) is 0 Å². The number of nitrogens with one attached hydrogen (secondary N) is 2. The molecular weight excluding hydrogens is 340 g/mol. The maximum absolute atomic E-state index is 12.4. The molecule has 0 radical (unpaired) electrons. The summed E-state index contributed by atoms with van der Waals surface area (Å²) < 4.78 is 1.93. The number of hydrogen-bond acceptors (Lipinski definition) is 5. The van der Waals surface area contributed by atoms with Crippen LogP contribution in [0.1, 0.15) is 30.9 Å². The number of benzene rings is 1. The summed E-state index contributed by atoms with van der Waals surface area (Å²) >= 11 is 0. The minimum atomic E-state index is -0.235. The molecule has 138 valence electrons. The zero-order valence-electron chi connectivity index (χ0n) is 15.0. The Morgan fingerprint density at radius 3 is 2.74 bits per heavy atom. The molecular formula is C20H22N6O. The Hall–Kier alpha value is -3.22. The van der Waals surface area contributed by atoms with Gasteiger partial charge in [-0.15, -0.1) is 0 Å². The lowest BCUT2D eigenvalue weighted by Gasteiger charge is -2.17. The zero-order chi connectivity index (χ0) is 18.5. The van der Waals surface area contributed by atoms with Crippen LogP contribution in [0.25, 0.3) is 11.4 Å². The van der Waals surface area contributed by atoms with E-state index in [0.29, 0.717) is 18.3 Å². The third kappa shape index (κ3) is 3.97. The smallest absolute Gasteiger partial charge is 0.243 e. The van der Waals surface area contributed by atoms with Gasteiger partial charge in [0.05, 0.1) is 5.56 Å². The molecule has 27 heavy (non-hydrogen) atoms. The van der Waals surface area contributed by atoms with Crippen LogP contribution >= 0.6 is 0 Å². The normalized spacial score (nSPS) is 17.2. The summed E-state index contributed by atoms with van der Waals surface area (Å²) in [7, 11) is 0. The molecule has 1 aliphatic rings. The van der Waals surface area contributed by atoms with Gasteiger partial charge in [0.2, 0.25) is 11.9 Å². The predicted molar refractivity (Wildman–Crippen MR) is 103 cm³/mol. The van der Waals surface area contributed by atoms with Crippen molar-refractivity contribution in [1.82, 2.24) is 24.8 Å². The van der Waals surface area contributed by atoms with E-state index in [9.17, 15) is 4.79 Å².